The van der Waals surface area contributed by atoms with E-state index in [0.29, 0.717) is 19.5 Å². The van der Waals surface area contributed by atoms with Crippen LogP contribution in [0.1, 0.15) is 17.5 Å². The summed E-state index contributed by atoms with van der Waals surface area (Å²) < 4.78 is 0. The predicted molar refractivity (Wildman–Crippen MR) is 87.2 cm³/mol. The number of hydrogen-bond donors (Lipinski definition) is 2. The van der Waals surface area contributed by atoms with Gasteiger partial charge in [-0.3, -0.25) is 15.1 Å². The molecular weight excluding hydrogens is 274 g/mol. The standard InChI is InChI=1S/C18H17N3O/c22-17-18(14-8-4-5-9-15(14)21-17)12-16(19-10-11-20-18)13-6-2-1-3-7-13/h1-9,20H,10-12H2,(H,21,22). The normalized spacial score (nSPS) is 23.6. The van der Waals surface area contributed by atoms with Gasteiger partial charge in [0.05, 0.1) is 6.54 Å². The highest BCUT2D eigenvalue weighted by Crippen LogP contribution is 2.39. The predicted octanol–water partition coefficient (Wildman–Crippen LogP) is 2.32. The average molecular weight is 291 g/mol. The van der Waals surface area contributed by atoms with Gasteiger partial charge >= 0.3 is 0 Å². The Labute approximate surface area is 129 Å². The highest BCUT2D eigenvalue weighted by atomic mass is 16.2. The molecule has 2 aliphatic heterocycles. The summed E-state index contributed by atoms with van der Waals surface area (Å²) in [6.45, 7) is 1.37. The second-order valence-electron chi connectivity index (χ2n) is 5.70. The van der Waals surface area contributed by atoms with Crippen molar-refractivity contribution in [3.63, 3.8) is 0 Å². The largest absolute Gasteiger partial charge is 0.324 e. The maximum atomic E-state index is 12.7. The van der Waals surface area contributed by atoms with E-state index in [2.05, 4.69) is 22.8 Å². The molecule has 1 spiro atoms. The molecule has 0 aliphatic carbocycles. The van der Waals surface area contributed by atoms with Crippen molar-refractivity contribution in [2.75, 3.05) is 18.4 Å². The molecule has 2 aromatic carbocycles. The second-order valence-corrected chi connectivity index (χ2v) is 5.70. The molecule has 0 aromatic heterocycles. The first-order valence-corrected chi connectivity index (χ1v) is 7.54. The number of carbonyl (C=O) groups is 1. The van der Waals surface area contributed by atoms with Crippen LogP contribution in [0.15, 0.2) is 59.6 Å². The van der Waals surface area contributed by atoms with Crippen LogP contribution in [0.4, 0.5) is 5.69 Å². The van der Waals surface area contributed by atoms with Gasteiger partial charge in [0.2, 0.25) is 5.91 Å². The summed E-state index contributed by atoms with van der Waals surface area (Å²) in [6, 6.07) is 18.0. The Kier molecular flexibility index (Phi) is 3.05. The third kappa shape index (κ3) is 1.96. The van der Waals surface area contributed by atoms with Crippen molar-refractivity contribution in [3.8, 4) is 0 Å². The van der Waals surface area contributed by atoms with E-state index in [1.807, 2.05) is 42.5 Å². The molecule has 0 fully saturated rings. The van der Waals surface area contributed by atoms with Crippen LogP contribution in [0.3, 0.4) is 0 Å². The van der Waals surface area contributed by atoms with E-state index in [1.54, 1.807) is 0 Å². The van der Waals surface area contributed by atoms with E-state index in [0.717, 1.165) is 22.5 Å². The van der Waals surface area contributed by atoms with Crippen LogP contribution in [-0.4, -0.2) is 24.7 Å². The topological polar surface area (TPSA) is 53.5 Å². The van der Waals surface area contributed by atoms with Crippen molar-refractivity contribution in [2.45, 2.75) is 12.0 Å². The Morgan fingerprint density at radius 1 is 1.00 bits per heavy atom. The number of nitrogens with zero attached hydrogens (tertiary/aromatic N) is 1. The van der Waals surface area contributed by atoms with E-state index >= 15 is 0 Å². The quantitative estimate of drug-likeness (QED) is 0.847. The third-order valence-electron chi connectivity index (χ3n) is 4.40. The zero-order valence-electron chi connectivity index (χ0n) is 12.2. The molecule has 110 valence electrons. The van der Waals surface area contributed by atoms with Gasteiger partial charge in [0.1, 0.15) is 5.54 Å². The molecule has 0 saturated carbocycles. The summed E-state index contributed by atoms with van der Waals surface area (Å²) in [5, 5.41) is 6.44. The lowest BCUT2D eigenvalue weighted by molar-refractivity contribution is -0.121. The molecule has 0 radical (unpaired) electrons. The SMILES string of the molecule is O=C1Nc2ccccc2C12CC(c1ccccc1)=NCCN2. The summed E-state index contributed by atoms with van der Waals surface area (Å²) in [7, 11) is 0. The average Bonchev–Trinajstić information content (AvgIpc) is 2.72. The summed E-state index contributed by atoms with van der Waals surface area (Å²) in [4.78, 5) is 17.4. The van der Waals surface area contributed by atoms with Crippen molar-refractivity contribution in [3.05, 3.63) is 65.7 Å². The number of para-hydroxylation sites is 1. The van der Waals surface area contributed by atoms with E-state index in [9.17, 15) is 4.79 Å². The molecule has 2 N–H and O–H groups in total. The molecule has 1 atom stereocenters. The van der Waals surface area contributed by atoms with Crippen molar-refractivity contribution in [1.82, 2.24) is 5.32 Å². The number of rotatable bonds is 1. The molecule has 2 aliphatic rings. The fraction of sp³-hybridized carbons (Fsp3) is 0.222. The zero-order chi connectivity index (χ0) is 15.0. The molecular formula is C18H17N3O. The van der Waals surface area contributed by atoms with Gasteiger partial charge in [-0.2, -0.15) is 0 Å². The van der Waals surface area contributed by atoms with Gasteiger partial charge in [-0.05, 0) is 11.6 Å². The van der Waals surface area contributed by atoms with Crippen LogP contribution in [0.5, 0.6) is 0 Å². The Morgan fingerprint density at radius 3 is 2.64 bits per heavy atom. The first-order valence-electron chi connectivity index (χ1n) is 7.54. The maximum absolute atomic E-state index is 12.7. The molecule has 1 unspecified atom stereocenters. The summed E-state index contributed by atoms with van der Waals surface area (Å²) in [6.07, 6.45) is 0.569. The number of nitrogens with one attached hydrogen (secondary N) is 2. The van der Waals surface area contributed by atoms with Crippen molar-refractivity contribution in [1.29, 1.82) is 0 Å². The summed E-state index contributed by atoms with van der Waals surface area (Å²) in [5.41, 5.74) is 3.28. The van der Waals surface area contributed by atoms with Gasteiger partial charge in [0, 0.05) is 29.9 Å². The van der Waals surface area contributed by atoms with Crippen LogP contribution in [0.2, 0.25) is 0 Å². The lowest BCUT2D eigenvalue weighted by atomic mass is 9.84. The Bertz CT molecular complexity index is 754. The number of hydrogen-bond acceptors (Lipinski definition) is 3. The molecule has 2 heterocycles. The number of carbonyl (C=O) groups excluding carboxylic acids is 1. The Morgan fingerprint density at radius 2 is 1.77 bits per heavy atom. The first-order chi connectivity index (χ1) is 10.8. The molecule has 4 heteroatoms. The zero-order valence-corrected chi connectivity index (χ0v) is 12.2. The number of benzene rings is 2. The maximum Gasteiger partial charge on any atom is 0.249 e. The molecule has 0 bridgehead atoms. The van der Waals surface area contributed by atoms with E-state index in [1.165, 1.54) is 0 Å². The highest BCUT2D eigenvalue weighted by molar-refractivity contribution is 6.11. The van der Waals surface area contributed by atoms with Gasteiger partial charge in [-0.25, -0.2) is 0 Å². The highest BCUT2D eigenvalue weighted by Gasteiger charge is 2.47. The fourth-order valence-electron chi connectivity index (χ4n) is 3.32. The van der Waals surface area contributed by atoms with Gasteiger partial charge in [0.15, 0.2) is 0 Å². The first kappa shape index (κ1) is 13.2. The molecule has 4 nitrogen and oxygen atoms in total. The van der Waals surface area contributed by atoms with Gasteiger partial charge in [-0.1, -0.05) is 48.5 Å². The van der Waals surface area contributed by atoms with Crippen LogP contribution in [0.25, 0.3) is 0 Å². The minimum absolute atomic E-state index is 0.0132. The fourth-order valence-corrected chi connectivity index (χ4v) is 3.32. The summed E-state index contributed by atoms with van der Waals surface area (Å²) >= 11 is 0. The number of fused-ring (bicyclic) bond motifs is 2. The van der Waals surface area contributed by atoms with E-state index in [-0.39, 0.29) is 5.91 Å². The summed E-state index contributed by atoms with van der Waals surface area (Å²) in [5.74, 6) is 0.0132. The molecule has 2 aromatic rings. The molecule has 22 heavy (non-hydrogen) atoms. The minimum atomic E-state index is -0.707. The van der Waals surface area contributed by atoms with Gasteiger partial charge in [0.25, 0.3) is 0 Å². The minimum Gasteiger partial charge on any atom is -0.324 e. The van der Waals surface area contributed by atoms with E-state index in [4.69, 9.17) is 4.99 Å². The molecule has 1 amide bonds. The number of anilines is 1. The van der Waals surface area contributed by atoms with Crippen LogP contribution in [0, 0.1) is 0 Å². The van der Waals surface area contributed by atoms with Crippen LogP contribution in [-0.2, 0) is 10.3 Å². The van der Waals surface area contributed by atoms with Gasteiger partial charge in [-0.15, -0.1) is 0 Å². The van der Waals surface area contributed by atoms with Crippen LogP contribution < -0.4 is 10.6 Å². The smallest absolute Gasteiger partial charge is 0.249 e. The molecule has 4 rings (SSSR count). The molecule has 0 saturated heterocycles. The van der Waals surface area contributed by atoms with Gasteiger partial charge < -0.3 is 5.32 Å². The Hall–Kier alpha value is -2.46. The van der Waals surface area contributed by atoms with Crippen molar-refractivity contribution in [2.24, 2.45) is 4.99 Å². The lowest BCUT2D eigenvalue weighted by Gasteiger charge is -2.27. The van der Waals surface area contributed by atoms with Crippen molar-refractivity contribution < 1.29 is 4.79 Å². The second kappa shape index (κ2) is 5.07. The number of aliphatic imine (C=N–C) groups is 1. The number of amides is 1. The van der Waals surface area contributed by atoms with E-state index < -0.39 is 5.54 Å². The Balaban J connectivity index is 1.80. The monoisotopic (exact) mass is 291 g/mol. The van der Waals surface area contributed by atoms with Crippen LogP contribution >= 0.6 is 0 Å². The lowest BCUT2D eigenvalue weighted by Crippen LogP contribution is -2.49. The van der Waals surface area contributed by atoms with Crippen molar-refractivity contribution >= 4 is 17.3 Å². The third-order valence-corrected chi connectivity index (χ3v) is 4.40.